The summed E-state index contributed by atoms with van der Waals surface area (Å²) in [6.07, 6.45) is 1.99. The maximum absolute atomic E-state index is 11.6. The van der Waals surface area contributed by atoms with Gasteiger partial charge in [-0.1, -0.05) is 0 Å². The van der Waals surface area contributed by atoms with Crippen LogP contribution in [0, 0.1) is 0 Å². The quantitative estimate of drug-likeness (QED) is 0.703. The minimum Gasteiger partial charge on any atom is -0.328 e. The predicted molar refractivity (Wildman–Crippen MR) is 52.0 cm³/mol. The average molecular weight is 190 g/mol. The molecule has 72 valence electrons. The van der Waals surface area contributed by atoms with Crippen LogP contribution in [-0.2, 0) is 11.0 Å². The predicted octanol–water partition coefficient (Wildman–Crippen LogP) is 0.480. The smallest absolute Gasteiger partial charge is 0.0968 e. The Morgan fingerprint density at radius 3 is 2.33 bits per heavy atom. The lowest BCUT2D eigenvalue weighted by atomic mass is 9.88. The van der Waals surface area contributed by atoms with Crippen LogP contribution in [0.25, 0.3) is 0 Å². The molecule has 1 aliphatic carbocycles. The van der Waals surface area contributed by atoms with E-state index in [0.29, 0.717) is 12.1 Å². The van der Waals surface area contributed by atoms with E-state index >= 15 is 0 Å². The molecule has 0 bridgehead atoms. The van der Waals surface area contributed by atoms with Gasteiger partial charge in [-0.25, -0.2) is 8.51 Å². The fourth-order valence-corrected chi connectivity index (χ4v) is 2.54. The average Bonchev–Trinajstić information content (AvgIpc) is 1.95. The maximum Gasteiger partial charge on any atom is 0.0968 e. The van der Waals surface area contributed by atoms with Gasteiger partial charge in [0.2, 0.25) is 0 Å². The first kappa shape index (κ1) is 10.2. The summed E-state index contributed by atoms with van der Waals surface area (Å²) in [5.74, 6) is 0. The summed E-state index contributed by atoms with van der Waals surface area (Å²) >= 11 is 0. The Morgan fingerprint density at radius 2 is 2.00 bits per heavy atom. The fraction of sp³-hybridized carbons (Fsp3) is 1.00. The van der Waals surface area contributed by atoms with Crippen molar-refractivity contribution in [2.45, 2.75) is 44.0 Å². The largest absolute Gasteiger partial charge is 0.328 e. The van der Waals surface area contributed by atoms with Gasteiger partial charge in [-0.3, -0.25) is 0 Å². The molecule has 0 radical (unpaired) electrons. The highest BCUT2D eigenvalue weighted by Gasteiger charge is 2.32. The molecular weight excluding hydrogens is 172 g/mol. The minimum absolute atomic E-state index is 0.215. The highest BCUT2D eigenvalue weighted by Crippen LogP contribution is 2.24. The van der Waals surface area contributed by atoms with Gasteiger partial charge in [0, 0.05) is 24.4 Å². The Kier molecular flexibility index (Phi) is 3.26. The van der Waals surface area contributed by atoms with E-state index in [9.17, 15) is 4.21 Å². The number of rotatable bonds is 3. The lowest BCUT2D eigenvalue weighted by Gasteiger charge is -2.38. The van der Waals surface area contributed by atoms with E-state index in [2.05, 4.69) is 0 Å². The Morgan fingerprint density at radius 1 is 1.50 bits per heavy atom. The molecule has 1 atom stereocenters. The van der Waals surface area contributed by atoms with Crippen molar-refractivity contribution in [3.63, 3.8) is 0 Å². The molecule has 0 amide bonds. The minimum atomic E-state index is -0.832. The van der Waals surface area contributed by atoms with Crippen molar-refractivity contribution < 1.29 is 4.21 Å². The Hall–Kier alpha value is 0.0700. The van der Waals surface area contributed by atoms with E-state index in [1.807, 2.05) is 25.2 Å². The lowest BCUT2D eigenvalue weighted by Crippen LogP contribution is -2.50. The summed E-state index contributed by atoms with van der Waals surface area (Å²) < 4.78 is 13.5. The number of nitrogens with zero attached hydrogens (tertiary/aromatic N) is 1. The summed E-state index contributed by atoms with van der Waals surface area (Å²) in [6, 6.07) is 0.782. The lowest BCUT2D eigenvalue weighted by molar-refractivity contribution is 0.224. The summed E-state index contributed by atoms with van der Waals surface area (Å²) in [7, 11) is 1.09. The topological polar surface area (TPSA) is 46.3 Å². The highest BCUT2D eigenvalue weighted by molar-refractivity contribution is 7.83. The molecule has 0 aliphatic heterocycles. The van der Waals surface area contributed by atoms with Crippen molar-refractivity contribution in [3.8, 4) is 0 Å². The summed E-state index contributed by atoms with van der Waals surface area (Å²) in [4.78, 5) is 0. The molecule has 1 rings (SSSR count). The Balaban J connectivity index is 2.38. The van der Waals surface area contributed by atoms with Gasteiger partial charge in [0.25, 0.3) is 0 Å². The molecule has 0 spiro atoms. The highest BCUT2D eigenvalue weighted by atomic mass is 32.2. The molecule has 4 heteroatoms. The van der Waals surface area contributed by atoms with Crippen LogP contribution in [0.4, 0.5) is 0 Å². The molecular formula is C8H18N2OS. The van der Waals surface area contributed by atoms with Crippen LogP contribution in [0.2, 0.25) is 0 Å². The fourth-order valence-electron chi connectivity index (χ4n) is 1.41. The molecule has 12 heavy (non-hydrogen) atoms. The van der Waals surface area contributed by atoms with Crippen LogP contribution >= 0.6 is 0 Å². The van der Waals surface area contributed by atoms with Gasteiger partial charge >= 0.3 is 0 Å². The number of nitrogens with two attached hydrogens (primary N) is 1. The normalized spacial score (nSPS) is 32.2. The van der Waals surface area contributed by atoms with Crippen LogP contribution in [-0.4, -0.2) is 32.9 Å². The zero-order chi connectivity index (χ0) is 9.30. The van der Waals surface area contributed by atoms with Gasteiger partial charge in [0.05, 0.1) is 11.0 Å². The molecule has 0 aromatic rings. The van der Waals surface area contributed by atoms with Crippen molar-refractivity contribution in [1.82, 2.24) is 4.31 Å². The standard InChI is InChI=1S/C8H18N2OS/c1-6(2)12(11)10(3)8-4-7(9)5-8/h6-8H,4-5,9H2,1-3H3. The van der Waals surface area contributed by atoms with Crippen molar-refractivity contribution in [3.05, 3.63) is 0 Å². The molecule has 0 heterocycles. The molecule has 0 aromatic carbocycles. The molecule has 1 aliphatic rings. The van der Waals surface area contributed by atoms with Crippen molar-refractivity contribution in [1.29, 1.82) is 0 Å². The van der Waals surface area contributed by atoms with Gasteiger partial charge in [-0.2, -0.15) is 0 Å². The van der Waals surface area contributed by atoms with Gasteiger partial charge in [-0.15, -0.1) is 0 Å². The van der Waals surface area contributed by atoms with E-state index in [-0.39, 0.29) is 5.25 Å². The molecule has 1 fully saturated rings. The third-order valence-corrected chi connectivity index (χ3v) is 4.02. The third-order valence-electron chi connectivity index (χ3n) is 2.35. The second kappa shape index (κ2) is 3.85. The van der Waals surface area contributed by atoms with E-state index < -0.39 is 11.0 Å². The van der Waals surface area contributed by atoms with Crippen molar-refractivity contribution in [2.75, 3.05) is 7.05 Å². The maximum atomic E-state index is 11.6. The summed E-state index contributed by atoms with van der Waals surface area (Å²) in [5.41, 5.74) is 5.66. The Labute approximate surface area is 76.9 Å². The van der Waals surface area contributed by atoms with Crippen LogP contribution in [0.1, 0.15) is 26.7 Å². The number of hydrogen-bond acceptors (Lipinski definition) is 2. The van der Waals surface area contributed by atoms with Crippen LogP contribution in [0.15, 0.2) is 0 Å². The number of hydrogen-bond donors (Lipinski definition) is 1. The first-order valence-electron chi connectivity index (χ1n) is 4.41. The van der Waals surface area contributed by atoms with Gasteiger partial charge in [0.1, 0.15) is 0 Å². The zero-order valence-electron chi connectivity index (χ0n) is 7.99. The summed E-state index contributed by atoms with van der Waals surface area (Å²) in [6.45, 7) is 3.95. The van der Waals surface area contributed by atoms with Crippen LogP contribution in [0.3, 0.4) is 0 Å². The third kappa shape index (κ3) is 2.06. The van der Waals surface area contributed by atoms with Gasteiger partial charge in [0.15, 0.2) is 0 Å². The molecule has 1 saturated carbocycles. The molecule has 0 aromatic heterocycles. The first-order valence-corrected chi connectivity index (χ1v) is 5.58. The Bertz CT molecular complexity index is 178. The van der Waals surface area contributed by atoms with Crippen molar-refractivity contribution in [2.24, 2.45) is 5.73 Å². The second-order valence-electron chi connectivity index (χ2n) is 3.76. The SMILES string of the molecule is CC(C)S(=O)N(C)C1CC(N)C1. The first-order chi connectivity index (χ1) is 5.52. The molecule has 3 nitrogen and oxygen atoms in total. The van der Waals surface area contributed by atoms with Crippen LogP contribution in [0.5, 0.6) is 0 Å². The van der Waals surface area contributed by atoms with Crippen LogP contribution < -0.4 is 5.73 Å². The molecule has 0 saturated heterocycles. The molecule has 1 unspecified atom stereocenters. The molecule has 2 N–H and O–H groups in total. The van der Waals surface area contributed by atoms with E-state index in [1.165, 1.54) is 0 Å². The van der Waals surface area contributed by atoms with Gasteiger partial charge in [-0.05, 0) is 26.7 Å². The van der Waals surface area contributed by atoms with E-state index in [1.54, 1.807) is 0 Å². The second-order valence-corrected chi connectivity index (χ2v) is 5.83. The van der Waals surface area contributed by atoms with E-state index in [0.717, 1.165) is 12.8 Å². The van der Waals surface area contributed by atoms with E-state index in [4.69, 9.17) is 5.73 Å². The van der Waals surface area contributed by atoms with Crippen molar-refractivity contribution >= 4 is 11.0 Å². The zero-order valence-corrected chi connectivity index (χ0v) is 8.80. The van der Waals surface area contributed by atoms with Gasteiger partial charge < -0.3 is 5.73 Å². The summed E-state index contributed by atoms with van der Waals surface area (Å²) in [5, 5.41) is 0.215. The monoisotopic (exact) mass is 190 g/mol.